The van der Waals surface area contributed by atoms with Crippen molar-refractivity contribution in [2.24, 2.45) is 0 Å². The fourth-order valence-corrected chi connectivity index (χ4v) is 2.43. The molecule has 3 nitrogen and oxygen atoms in total. The van der Waals surface area contributed by atoms with E-state index in [-0.39, 0.29) is 0 Å². The predicted octanol–water partition coefficient (Wildman–Crippen LogP) is 3.34. The van der Waals surface area contributed by atoms with Crippen LogP contribution < -0.4 is 5.32 Å². The number of H-pyrrole nitrogens is 1. The average Bonchev–Trinajstić information content (AvgIpc) is 3.01. The highest BCUT2D eigenvalue weighted by atomic mass is 14.9. The van der Waals surface area contributed by atoms with Gasteiger partial charge in [0.05, 0.1) is 0 Å². The van der Waals surface area contributed by atoms with E-state index in [2.05, 4.69) is 52.5 Å². The second-order valence-corrected chi connectivity index (χ2v) is 5.22. The van der Waals surface area contributed by atoms with Crippen molar-refractivity contribution in [3.63, 3.8) is 0 Å². The molecule has 0 radical (unpaired) electrons. The molecular weight excluding hydrogens is 246 g/mol. The molecule has 2 rings (SSSR count). The minimum Gasteiger partial charge on any atom is -0.349 e. The van der Waals surface area contributed by atoms with Gasteiger partial charge in [0.25, 0.3) is 0 Å². The Labute approximate surface area is 121 Å². The molecule has 0 saturated carbocycles. The summed E-state index contributed by atoms with van der Waals surface area (Å²) in [7, 11) is 0. The summed E-state index contributed by atoms with van der Waals surface area (Å²) in [5.41, 5.74) is 1.43. The maximum atomic E-state index is 4.25. The zero-order valence-electron chi connectivity index (χ0n) is 12.3. The third kappa shape index (κ3) is 5.17. The highest BCUT2D eigenvalue weighted by Gasteiger charge is 2.05. The van der Waals surface area contributed by atoms with Gasteiger partial charge in [-0.3, -0.25) is 0 Å². The van der Waals surface area contributed by atoms with E-state index in [9.17, 15) is 0 Å². The maximum Gasteiger partial charge on any atom is 0.106 e. The fourth-order valence-electron chi connectivity index (χ4n) is 2.43. The second-order valence-electron chi connectivity index (χ2n) is 5.22. The zero-order chi connectivity index (χ0) is 14.0. The number of aromatic amines is 1. The van der Waals surface area contributed by atoms with Crippen LogP contribution >= 0.6 is 0 Å². The van der Waals surface area contributed by atoms with E-state index < -0.39 is 0 Å². The Morgan fingerprint density at radius 2 is 2.05 bits per heavy atom. The molecule has 1 aromatic heterocycles. The minimum atomic E-state index is 0.617. The highest BCUT2D eigenvalue weighted by molar-refractivity contribution is 5.14. The second kappa shape index (κ2) is 8.54. The summed E-state index contributed by atoms with van der Waals surface area (Å²) >= 11 is 0. The lowest BCUT2D eigenvalue weighted by Gasteiger charge is -2.16. The van der Waals surface area contributed by atoms with Crippen molar-refractivity contribution in [3.8, 4) is 0 Å². The van der Waals surface area contributed by atoms with Gasteiger partial charge in [-0.05, 0) is 37.8 Å². The van der Waals surface area contributed by atoms with Gasteiger partial charge >= 0.3 is 0 Å². The standard InChI is InChI=1S/C17H25N3/c1-2-16(11-10-15-7-4-3-5-8-15)18-12-6-9-17-19-13-14-20-17/h3-5,7-8,13-14,16,18H,2,6,9-12H2,1H3,(H,19,20). The molecule has 1 aromatic carbocycles. The van der Waals surface area contributed by atoms with Crippen LogP contribution in [0.2, 0.25) is 0 Å². The minimum absolute atomic E-state index is 0.617. The van der Waals surface area contributed by atoms with E-state index in [4.69, 9.17) is 0 Å². The first-order valence-corrected chi connectivity index (χ1v) is 7.64. The molecular formula is C17H25N3. The van der Waals surface area contributed by atoms with Crippen LogP contribution in [0.5, 0.6) is 0 Å². The van der Waals surface area contributed by atoms with Gasteiger partial charge < -0.3 is 10.3 Å². The predicted molar refractivity (Wildman–Crippen MR) is 83.8 cm³/mol. The number of hydrogen-bond donors (Lipinski definition) is 2. The molecule has 0 aliphatic rings. The summed E-state index contributed by atoms with van der Waals surface area (Å²) in [4.78, 5) is 7.39. The van der Waals surface area contributed by atoms with E-state index in [1.807, 2.05) is 12.4 Å². The summed E-state index contributed by atoms with van der Waals surface area (Å²) < 4.78 is 0. The number of nitrogens with one attached hydrogen (secondary N) is 2. The summed E-state index contributed by atoms with van der Waals surface area (Å²) in [5.74, 6) is 1.09. The Balaban J connectivity index is 1.62. The van der Waals surface area contributed by atoms with Gasteiger partial charge in [0.2, 0.25) is 0 Å². The van der Waals surface area contributed by atoms with Gasteiger partial charge in [-0.2, -0.15) is 0 Å². The molecule has 1 heterocycles. The van der Waals surface area contributed by atoms with Crippen LogP contribution in [0.25, 0.3) is 0 Å². The molecule has 3 heteroatoms. The number of benzene rings is 1. The Hall–Kier alpha value is -1.61. The summed E-state index contributed by atoms with van der Waals surface area (Å²) in [6.07, 6.45) is 9.42. The maximum absolute atomic E-state index is 4.25. The van der Waals surface area contributed by atoms with Crippen LogP contribution in [0.1, 0.15) is 37.6 Å². The topological polar surface area (TPSA) is 40.7 Å². The van der Waals surface area contributed by atoms with Crippen molar-refractivity contribution < 1.29 is 0 Å². The van der Waals surface area contributed by atoms with Crippen LogP contribution in [-0.4, -0.2) is 22.6 Å². The number of hydrogen-bond acceptors (Lipinski definition) is 2. The molecule has 2 aromatic rings. The molecule has 2 N–H and O–H groups in total. The van der Waals surface area contributed by atoms with E-state index in [1.54, 1.807) is 0 Å². The molecule has 0 spiro atoms. The Bertz CT molecular complexity index is 450. The molecule has 20 heavy (non-hydrogen) atoms. The number of nitrogens with zero attached hydrogens (tertiary/aromatic N) is 1. The summed E-state index contributed by atoms with van der Waals surface area (Å²) in [5, 5.41) is 3.66. The van der Waals surface area contributed by atoms with Crippen molar-refractivity contribution in [1.82, 2.24) is 15.3 Å². The SMILES string of the molecule is CCC(CCc1ccccc1)NCCCc1ncc[nH]1. The molecule has 0 amide bonds. The van der Waals surface area contributed by atoms with Crippen molar-refractivity contribution in [3.05, 3.63) is 54.1 Å². The molecule has 1 atom stereocenters. The average molecular weight is 271 g/mol. The molecule has 0 saturated heterocycles. The van der Waals surface area contributed by atoms with Gasteiger partial charge in [-0.15, -0.1) is 0 Å². The molecule has 0 fully saturated rings. The lowest BCUT2D eigenvalue weighted by atomic mass is 10.0. The van der Waals surface area contributed by atoms with E-state index in [0.717, 1.165) is 31.6 Å². The van der Waals surface area contributed by atoms with Gasteiger partial charge in [-0.25, -0.2) is 4.98 Å². The Kier molecular flexibility index (Phi) is 6.32. The summed E-state index contributed by atoms with van der Waals surface area (Å²) in [6.45, 7) is 3.32. The molecule has 108 valence electrons. The van der Waals surface area contributed by atoms with E-state index in [0.29, 0.717) is 6.04 Å². The van der Waals surface area contributed by atoms with Gasteiger partial charge in [0.1, 0.15) is 5.82 Å². The number of aryl methyl sites for hydroxylation is 2. The van der Waals surface area contributed by atoms with Gasteiger partial charge in [-0.1, -0.05) is 37.3 Å². The zero-order valence-corrected chi connectivity index (χ0v) is 12.3. The first kappa shape index (κ1) is 14.8. The first-order valence-electron chi connectivity index (χ1n) is 7.64. The van der Waals surface area contributed by atoms with Gasteiger partial charge in [0, 0.05) is 24.9 Å². The number of aromatic nitrogens is 2. The third-order valence-electron chi connectivity index (χ3n) is 3.70. The first-order chi connectivity index (χ1) is 9.88. The largest absolute Gasteiger partial charge is 0.349 e. The molecule has 0 aliphatic carbocycles. The Morgan fingerprint density at radius 3 is 2.75 bits per heavy atom. The monoisotopic (exact) mass is 271 g/mol. The van der Waals surface area contributed by atoms with Crippen molar-refractivity contribution in [1.29, 1.82) is 0 Å². The van der Waals surface area contributed by atoms with Crippen molar-refractivity contribution in [2.45, 2.75) is 45.1 Å². The smallest absolute Gasteiger partial charge is 0.106 e. The lowest BCUT2D eigenvalue weighted by Crippen LogP contribution is -2.30. The number of rotatable bonds is 9. The third-order valence-corrected chi connectivity index (χ3v) is 3.70. The van der Waals surface area contributed by atoms with Crippen LogP contribution in [0, 0.1) is 0 Å². The molecule has 0 bridgehead atoms. The highest BCUT2D eigenvalue weighted by Crippen LogP contribution is 2.07. The van der Waals surface area contributed by atoms with Crippen LogP contribution in [-0.2, 0) is 12.8 Å². The van der Waals surface area contributed by atoms with Gasteiger partial charge in [0.15, 0.2) is 0 Å². The van der Waals surface area contributed by atoms with Crippen molar-refractivity contribution in [2.75, 3.05) is 6.54 Å². The van der Waals surface area contributed by atoms with Crippen LogP contribution in [0.15, 0.2) is 42.7 Å². The lowest BCUT2D eigenvalue weighted by molar-refractivity contribution is 0.462. The summed E-state index contributed by atoms with van der Waals surface area (Å²) in [6, 6.07) is 11.4. The molecule has 0 aliphatic heterocycles. The number of imidazole rings is 1. The van der Waals surface area contributed by atoms with Crippen LogP contribution in [0.3, 0.4) is 0 Å². The molecule has 1 unspecified atom stereocenters. The van der Waals surface area contributed by atoms with Crippen LogP contribution in [0.4, 0.5) is 0 Å². The fraction of sp³-hybridized carbons (Fsp3) is 0.471. The van der Waals surface area contributed by atoms with Crippen molar-refractivity contribution >= 4 is 0 Å². The van der Waals surface area contributed by atoms with E-state index in [1.165, 1.54) is 18.4 Å². The quantitative estimate of drug-likeness (QED) is 0.687. The Morgan fingerprint density at radius 1 is 1.20 bits per heavy atom. The van der Waals surface area contributed by atoms with E-state index >= 15 is 0 Å². The normalized spacial score (nSPS) is 12.4.